The van der Waals surface area contributed by atoms with Crippen molar-refractivity contribution in [1.82, 2.24) is 4.90 Å². The van der Waals surface area contributed by atoms with E-state index in [1.54, 1.807) is 0 Å². The Bertz CT molecular complexity index is 435. The fourth-order valence-corrected chi connectivity index (χ4v) is 3.25. The van der Waals surface area contributed by atoms with E-state index in [9.17, 15) is 4.79 Å². The molecule has 0 aliphatic carbocycles. The number of carbonyl (C=O) groups is 1. The molecule has 3 nitrogen and oxygen atoms in total. The smallest absolute Gasteiger partial charge is 0.307 e. The van der Waals surface area contributed by atoms with Crippen molar-refractivity contribution in [2.75, 3.05) is 20.1 Å². The molecular weight excluding hydrogens is 226 g/mol. The first-order valence-corrected chi connectivity index (χ1v) is 6.65. The molecule has 2 aliphatic rings. The topological polar surface area (TPSA) is 29.5 Å². The number of carbonyl (C=O) groups excluding carboxylic acids is 1. The minimum atomic E-state index is -0.245. The Balaban J connectivity index is 1.90. The Morgan fingerprint density at radius 2 is 1.89 bits per heavy atom. The summed E-state index contributed by atoms with van der Waals surface area (Å²) in [6, 6.07) is 10.3. The first-order chi connectivity index (χ1) is 8.70. The minimum Gasteiger partial charge on any atom is -0.458 e. The van der Waals surface area contributed by atoms with Crippen molar-refractivity contribution in [2.24, 2.45) is 0 Å². The summed E-state index contributed by atoms with van der Waals surface area (Å²) in [4.78, 5) is 14.1. The third-order valence-electron chi connectivity index (χ3n) is 4.36. The van der Waals surface area contributed by atoms with Gasteiger partial charge in [-0.2, -0.15) is 0 Å². The van der Waals surface area contributed by atoms with Gasteiger partial charge in [0.2, 0.25) is 0 Å². The monoisotopic (exact) mass is 245 g/mol. The molecule has 0 bridgehead atoms. The molecule has 0 radical (unpaired) electrons. The first-order valence-electron chi connectivity index (χ1n) is 6.65. The summed E-state index contributed by atoms with van der Waals surface area (Å²) in [6.45, 7) is 2.02. The van der Waals surface area contributed by atoms with Gasteiger partial charge in [-0.1, -0.05) is 30.3 Å². The molecule has 1 atom stereocenters. The van der Waals surface area contributed by atoms with Crippen molar-refractivity contribution in [3.05, 3.63) is 35.9 Å². The lowest BCUT2D eigenvalue weighted by Crippen LogP contribution is -2.45. The van der Waals surface area contributed by atoms with Gasteiger partial charge in [-0.25, -0.2) is 0 Å². The molecule has 2 heterocycles. The number of esters is 1. The normalized spacial score (nSPS) is 27.4. The van der Waals surface area contributed by atoms with Crippen molar-refractivity contribution in [3.63, 3.8) is 0 Å². The molecule has 0 aromatic heterocycles. The van der Waals surface area contributed by atoms with Crippen LogP contribution in [0.2, 0.25) is 0 Å². The summed E-state index contributed by atoms with van der Waals surface area (Å²) in [5.74, 6) is 0.202. The van der Waals surface area contributed by atoms with E-state index >= 15 is 0 Å². The molecule has 18 heavy (non-hydrogen) atoms. The van der Waals surface area contributed by atoms with Gasteiger partial charge in [-0.3, -0.25) is 4.79 Å². The van der Waals surface area contributed by atoms with Gasteiger partial charge < -0.3 is 9.64 Å². The van der Waals surface area contributed by atoms with E-state index in [2.05, 4.69) is 24.1 Å². The van der Waals surface area contributed by atoms with E-state index in [0.29, 0.717) is 6.42 Å². The molecule has 3 heteroatoms. The maximum atomic E-state index is 11.7. The molecule has 0 saturated carbocycles. The number of benzene rings is 1. The van der Waals surface area contributed by atoms with Crippen molar-refractivity contribution in [2.45, 2.75) is 30.8 Å². The average Bonchev–Trinajstić information content (AvgIpc) is 2.71. The zero-order valence-corrected chi connectivity index (χ0v) is 10.8. The highest BCUT2D eigenvalue weighted by Gasteiger charge is 2.50. The van der Waals surface area contributed by atoms with Crippen LogP contribution < -0.4 is 0 Å². The highest BCUT2D eigenvalue weighted by atomic mass is 16.6. The van der Waals surface area contributed by atoms with Crippen LogP contribution in [0.4, 0.5) is 0 Å². The van der Waals surface area contributed by atoms with Gasteiger partial charge in [0.15, 0.2) is 0 Å². The number of hydrogen-bond donors (Lipinski definition) is 0. The Hall–Kier alpha value is -1.35. The second-order valence-electron chi connectivity index (χ2n) is 5.51. The van der Waals surface area contributed by atoms with Crippen LogP contribution in [-0.4, -0.2) is 36.6 Å². The molecule has 0 amide bonds. The van der Waals surface area contributed by atoms with Crippen molar-refractivity contribution < 1.29 is 9.53 Å². The quantitative estimate of drug-likeness (QED) is 0.710. The lowest BCUT2D eigenvalue weighted by atomic mass is 9.76. The zero-order chi connectivity index (χ0) is 12.6. The van der Waals surface area contributed by atoms with Crippen molar-refractivity contribution >= 4 is 5.97 Å². The third kappa shape index (κ3) is 1.93. The summed E-state index contributed by atoms with van der Waals surface area (Å²) in [6.07, 6.45) is 2.44. The van der Waals surface area contributed by atoms with Crippen molar-refractivity contribution in [1.29, 1.82) is 0 Å². The largest absolute Gasteiger partial charge is 0.458 e. The van der Waals surface area contributed by atoms with Gasteiger partial charge in [-0.15, -0.1) is 0 Å². The van der Waals surface area contributed by atoms with Gasteiger partial charge in [0, 0.05) is 31.8 Å². The van der Waals surface area contributed by atoms with Crippen LogP contribution in [0.15, 0.2) is 30.3 Å². The van der Waals surface area contributed by atoms with Crippen LogP contribution >= 0.6 is 0 Å². The second kappa shape index (κ2) is 4.39. The number of nitrogens with zero attached hydrogens (tertiary/aromatic N) is 1. The predicted molar refractivity (Wildman–Crippen MR) is 69.4 cm³/mol. The van der Waals surface area contributed by atoms with Crippen LogP contribution in [0, 0.1) is 0 Å². The van der Waals surface area contributed by atoms with E-state index in [-0.39, 0.29) is 17.5 Å². The molecule has 2 fully saturated rings. The molecular formula is C15H19NO2. The molecule has 96 valence electrons. The molecule has 0 N–H and O–H groups in total. The summed E-state index contributed by atoms with van der Waals surface area (Å²) in [5, 5.41) is 0. The van der Waals surface area contributed by atoms with Gasteiger partial charge in [-0.05, 0) is 12.6 Å². The molecule has 1 unspecified atom stereocenters. The number of likely N-dealkylation sites (tertiary alicyclic amines) is 1. The number of rotatable bonds is 1. The molecule has 1 aromatic rings. The van der Waals surface area contributed by atoms with E-state index in [1.165, 1.54) is 5.56 Å². The van der Waals surface area contributed by atoms with E-state index in [0.717, 1.165) is 25.9 Å². The van der Waals surface area contributed by atoms with Crippen molar-refractivity contribution in [3.8, 4) is 0 Å². The van der Waals surface area contributed by atoms with E-state index in [1.807, 2.05) is 18.2 Å². The van der Waals surface area contributed by atoms with Crippen LogP contribution in [0.25, 0.3) is 0 Å². The Morgan fingerprint density at radius 3 is 2.56 bits per heavy atom. The van der Waals surface area contributed by atoms with E-state index < -0.39 is 0 Å². The first kappa shape index (κ1) is 11.7. The fraction of sp³-hybridized carbons (Fsp3) is 0.533. The molecule has 2 aliphatic heterocycles. The molecule has 3 rings (SSSR count). The van der Waals surface area contributed by atoms with E-state index in [4.69, 9.17) is 4.74 Å². The molecule has 2 saturated heterocycles. The number of piperidine rings is 1. The molecule has 1 aromatic carbocycles. The number of hydrogen-bond acceptors (Lipinski definition) is 3. The average molecular weight is 245 g/mol. The lowest BCUT2D eigenvalue weighted by Gasteiger charge is -2.40. The predicted octanol–water partition coefficient (Wildman–Crippen LogP) is 2.18. The number of ether oxygens (including phenoxy) is 1. The lowest BCUT2D eigenvalue weighted by molar-refractivity contribution is -0.152. The minimum absolute atomic E-state index is 0.0339. The van der Waals surface area contributed by atoms with Gasteiger partial charge in [0.1, 0.15) is 5.60 Å². The van der Waals surface area contributed by atoms with Gasteiger partial charge in [0.25, 0.3) is 0 Å². The molecule has 1 spiro atoms. The fourth-order valence-electron chi connectivity index (χ4n) is 3.25. The van der Waals surface area contributed by atoms with Crippen LogP contribution in [0.1, 0.15) is 30.7 Å². The highest BCUT2D eigenvalue weighted by Crippen LogP contribution is 2.46. The Labute approximate surface area is 108 Å². The third-order valence-corrected chi connectivity index (χ3v) is 4.36. The van der Waals surface area contributed by atoms with Gasteiger partial charge >= 0.3 is 5.97 Å². The van der Waals surface area contributed by atoms with Crippen LogP contribution in [-0.2, 0) is 9.53 Å². The standard InChI is InChI=1S/C15H19NO2/c1-16-9-7-15(8-10-16)13(11-14(17)18-15)12-5-3-2-4-6-12/h2-6,13H,7-11H2,1H3. The summed E-state index contributed by atoms with van der Waals surface area (Å²) < 4.78 is 5.74. The van der Waals surface area contributed by atoms with Crippen LogP contribution in [0.3, 0.4) is 0 Å². The second-order valence-corrected chi connectivity index (χ2v) is 5.51. The summed E-state index contributed by atoms with van der Waals surface area (Å²) >= 11 is 0. The highest BCUT2D eigenvalue weighted by molar-refractivity contribution is 5.74. The summed E-state index contributed by atoms with van der Waals surface area (Å²) in [7, 11) is 2.13. The zero-order valence-electron chi connectivity index (χ0n) is 10.8. The SMILES string of the molecule is CN1CCC2(CC1)OC(=O)CC2c1ccccc1. The van der Waals surface area contributed by atoms with Gasteiger partial charge in [0.05, 0.1) is 6.42 Å². The van der Waals surface area contributed by atoms with Crippen LogP contribution in [0.5, 0.6) is 0 Å². The Morgan fingerprint density at radius 1 is 1.22 bits per heavy atom. The maximum absolute atomic E-state index is 11.7. The maximum Gasteiger partial charge on any atom is 0.307 e. The Kier molecular flexibility index (Phi) is 2.86. The summed E-state index contributed by atoms with van der Waals surface area (Å²) in [5.41, 5.74) is 0.998.